The normalized spacial score (nSPS) is 15.9. The first-order valence-corrected chi connectivity index (χ1v) is 11.0. The van der Waals surface area contributed by atoms with Crippen molar-refractivity contribution in [3.8, 4) is 17.1 Å². The lowest BCUT2D eigenvalue weighted by atomic mass is 10.1. The summed E-state index contributed by atoms with van der Waals surface area (Å²) in [5, 5.41) is 12.7. The zero-order valence-corrected chi connectivity index (χ0v) is 18.6. The van der Waals surface area contributed by atoms with Gasteiger partial charge in [0.15, 0.2) is 0 Å². The highest BCUT2D eigenvalue weighted by molar-refractivity contribution is 6.29. The molecule has 4 aromatic heterocycles. The molecule has 1 aliphatic rings. The Morgan fingerprint density at radius 3 is 2.75 bits per heavy atom. The number of nitrogens with one attached hydrogen (secondary N) is 1. The Labute approximate surface area is 189 Å². The predicted octanol–water partition coefficient (Wildman–Crippen LogP) is 4.15. The van der Waals surface area contributed by atoms with Crippen LogP contribution in [-0.2, 0) is 0 Å². The van der Waals surface area contributed by atoms with Gasteiger partial charge < -0.3 is 10.1 Å². The van der Waals surface area contributed by atoms with Gasteiger partial charge in [-0.15, -0.1) is 5.10 Å². The van der Waals surface area contributed by atoms with E-state index in [4.69, 9.17) is 16.3 Å². The summed E-state index contributed by atoms with van der Waals surface area (Å²) in [6.07, 6.45) is 4.37. The number of imidazole rings is 1. The van der Waals surface area contributed by atoms with Crippen molar-refractivity contribution in [2.75, 3.05) is 13.1 Å². The minimum Gasteiger partial charge on any atom is -0.469 e. The monoisotopic (exact) mass is 455 g/mol. The van der Waals surface area contributed by atoms with Crippen LogP contribution in [0.25, 0.3) is 16.9 Å². The van der Waals surface area contributed by atoms with Gasteiger partial charge >= 0.3 is 0 Å². The molecular weight excluding hydrogens is 433 g/mol. The number of piperidine rings is 1. The second-order valence-electron chi connectivity index (χ2n) is 7.97. The number of fused-ring (bicyclic) bond motifs is 1. The van der Waals surface area contributed by atoms with Gasteiger partial charge in [-0.3, -0.25) is 9.38 Å². The summed E-state index contributed by atoms with van der Waals surface area (Å²) in [6, 6.07) is 7.10. The second kappa shape index (κ2) is 8.48. The van der Waals surface area contributed by atoms with Gasteiger partial charge in [-0.05, 0) is 58.0 Å². The van der Waals surface area contributed by atoms with Crippen molar-refractivity contribution in [2.45, 2.75) is 38.8 Å². The van der Waals surface area contributed by atoms with Crippen molar-refractivity contribution >= 4 is 17.2 Å². The molecule has 0 aliphatic carbocycles. The Bertz CT molecular complexity index is 1250. The van der Waals surface area contributed by atoms with E-state index < -0.39 is 11.9 Å². The van der Waals surface area contributed by atoms with Crippen molar-refractivity contribution in [3.63, 3.8) is 0 Å². The molecule has 0 spiro atoms. The van der Waals surface area contributed by atoms with Gasteiger partial charge in [0.2, 0.25) is 5.88 Å². The molecule has 166 valence electrons. The molecule has 0 saturated carbocycles. The lowest BCUT2D eigenvalue weighted by Crippen LogP contribution is -2.30. The van der Waals surface area contributed by atoms with Gasteiger partial charge in [0.1, 0.15) is 28.4 Å². The third-order valence-electron chi connectivity index (χ3n) is 5.85. The van der Waals surface area contributed by atoms with E-state index in [1.807, 2.05) is 30.7 Å². The quantitative estimate of drug-likeness (QED) is 0.486. The van der Waals surface area contributed by atoms with Crippen LogP contribution in [0.1, 0.15) is 43.3 Å². The molecule has 1 saturated heterocycles. The van der Waals surface area contributed by atoms with Crippen LogP contribution < -0.4 is 10.1 Å². The number of halogens is 2. The predicted molar refractivity (Wildman–Crippen MR) is 118 cm³/mol. The van der Waals surface area contributed by atoms with Crippen molar-refractivity contribution in [1.29, 1.82) is 0 Å². The largest absolute Gasteiger partial charge is 0.469 e. The molecule has 0 radical (unpaired) electrons. The number of nitrogens with zero attached hydrogens (tertiary/aromatic N) is 6. The van der Waals surface area contributed by atoms with E-state index in [0.717, 1.165) is 42.9 Å². The van der Waals surface area contributed by atoms with Crippen molar-refractivity contribution in [1.82, 2.24) is 34.7 Å². The number of rotatable bonds is 5. The average Bonchev–Trinajstić information content (AvgIpc) is 3.37. The SMILES string of the molecule is Cc1c(-c2cc(O[C@H](C)c3ccc(F)cn3)n3c(Cl)cnc3c2)nnn1C1CCNCC1. The first kappa shape index (κ1) is 20.8. The Hall–Kier alpha value is -3.04. The lowest BCUT2D eigenvalue weighted by Gasteiger charge is -2.23. The molecule has 1 fully saturated rings. The number of ether oxygens (including phenoxy) is 1. The molecule has 1 N–H and O–H groups in total. The molecule has 0 unspecified atom stereocenters. The summed E-state index contributed by atoms with van der Waals surface area (Å²) < 4.78 is 23.2. The molecule has 4 aromatic rings. The zero-order valence-electron chi connectivity index (χ0n) is 17.8. The van der Waals surface area contributed by atoms with Crippen LogP contribution >= 0.6 is 11.6 Å². The van der Waals surface area contributed by atoms with E-state index in [1.165, 1.54) is 12.3 Å². The van der Waals surface area contributed by atoms with Crippen LogP contribution in [-0.4, -0.2) is 42.5 Å². The van der Waals surface area contributed by atoms with Crippen LogP contribution in [0.15, 0.2) is 36.7 Å². The van der Waals surface area contributed by atoms with Gasteiger partial charge in [0.25, 0.3) is 0 Å². The summed E-state index contributed by atoms with van der Waals surface area (Å²) in [6.45, 7) is 5.84. The van der Waals surface area contributed by atoms with Gasteiger partial charge in [-0.2, -0.15) is 0 Å². The maximum atomic E-state index is 13.3. The van der Waals surface area contributed by atoms with E-state index in [9.17, 15) is 4.39 Å². The van der Waals surface area contributed by atoms with Crippen molar-refractivity contribution in [2.24, 2.45) is 0 Å². The second-order valence-corrected chi connectivity index (χ2v) is 8.35. The average molecular weight is 456 g/mol. The third-order valence-corrected chi connectivity index (χ3v) is 6.12. The molecule has 0 bridgehead atoms. The Morgan fingerprint density at radius 1 is 1.19 bits per heavy atom. The molecule has 0 amide bonds. The van der Waals surface area contributed by atoms with Crippen LogP contribution in [0.3, 0.4) is 0 Å². The van der Waals surface area contributed by atoms with Gasteiger partial charge in [0, 0.05) is 11.6 Å². The maximum absolute atomic E-state index is 13.3. The molecule has 5 heterocycles. The highest BCUT2D eigenvalue weighted by atomic mass is 35.5. The summed E-state index contributed by atoms with van der Waals surface area (Å²) in [7, 11) is 0. The van der Waals surface area contributed by atoms with E-state index in [1.54, 1.807) is 16.7 Å². The van der Waals surface area contributed by atoms with Crippen LogP contribution in [0.2, 0.25) is 5.15 Å². The smallest absolute Gasteiger partial charge is 0.201 e. The molecule has 8 nitrogen and oxygen atoms in total. The third kappa shape index (κ3) is 3.82. The summed E-state index contributed by atoms with van der Waals surface area (Å²) in [4.78, 5) is 8.53. The van der Waals surface area contributed by atoms with Crippen molar-refractivity contribution < 1.29 is 9.13 Å². The summed E-state index contributed by atoms with van der Waals surface area (Å²) >= 11 is 6.38. The van der Waals surface area contributed by atoms with Gasteiger partial charge in [0.05, 0.1) is 29.8 Å². The molecule has 1 aliphatic heterocycles. The van der Waals surface area contributed by atoms with E-state index >= 15 is 0 Å². The first-order chi connectivity index (χ1) is 15.5. The van der Waals surface area contributed by atoms with Crippen molar-refractivity contribution in [3.05, 3.63) is 59.0 Å². The molecular formula is C22H23ClFN7O. The number of pyridine rings is 2. The molecule has 1 atom stereocenters. The number of aromatic nitrogens is 6. The van der Waals surface area contributed by atoms with E-state index in [-0.39, 0.29) is 0 Å². The molecule has 0 aromatic carbocycles. The Kier molecular flexibility index (Phi) is 5.52. The molecule has 32 heavy (non-hydrogen) atoms. The van der Waals surface area contributed by atoms with Crippen LogP contribution in [0.5, 0.6) is 5.88 Å². The maximum Gasteiger partial charge on any atom is 0.201 e. The zero-order chi connectivity index (χ0) is 22.2. The Balaban J connectivity index is 1.53. The minimum atomic E-state index is -0.431. The highest BCUT2D eigenvalue weighted by Crippen LogP contribution is 2.33. The summed E-state index contributed by atoms with van der Waals surface area (Å²) in [5.41, 5.74) is 3.86. The van der Waals surface area contributed by atoms with Crippen LogP contribution in [0, 0.1) is 12.7 Å². The van der Waals surface area contributed by atoms with E-state index in [2.05, 4.69) is 25.6 Å². The number of hydrogen-bond donors (Lipinski definition) is 1. The van der Waals surface area contributed by atoms with Crippen LogP contribution in [0.4, 0.5) is 4.39 Å². The molecule has 10 heteroatoms. The highest BCUT2D eigenvalue weighted by Gasteiger charge is 2.22. The standard InChI is InChI=1S/C22H23ClFN7O/c1-13-22(28-29-31(13)17-5-7-25-8-6-17)15-9-20-27-12-19(23)30(20)21(10-15)32-14(2)18-4-3-16(24)11-26-18/h3-4,9-12,14,17,25H,5-8H2,1-2H3/t14-/m1/s1. The Morgan fingerprint density at radius 2 is 2.00 bits per heavy atom. The lowest BCUT2D eigenvalue weighted by molar-refractivity contribution is 0.210. The first-order valence-electron chi connectivity index (χ1n) is 10.6. The molecule has 5 rings (SSSR count). The van der Waals surface area contributed by atoms with E-state index in [0.29, 0.717) is 28.4 Å². The van der Waals surface area contributed by atoms with Gasteiger partial charge in [-0.1, -0.05) is 16.8 Å². The fraction of sp³-hybridized carbons (Fsp3) is 0.364. The topological polar surface area (TPSA) is 82.2 Å². The summed E-state index contributed by atoms with van der Waals surface area (Å²) in [5.74, 6) is 0.102. The fourth-order valence-electron chi connectivity index (χ4n) is 4.14. The van der Waals surface area contributed by atoms with Gasteiger partial charge in [-0.25, -0.2) is 14.1 Å². The fourth-order valence-corrected chi connectivity index (χ4v) is 4.36. The minimum absolute atomic E-state index is 0.336. The number of hydrogen-bond acceptors (Lipinski definition) is 6.